The Kier molecular flexibility index (Phi) is 4.97. The molecule has 1 N–H and O–H groups in total. The third-order valence-corrected chi connectivity index (χ3v) is 4.81. The monoisotopic (exact) mass is 419 g/mol. The van der Waals surface area contributed by atoms with Gasteiger partial charge in [-0.15, -0.1) is 0 Å². The van der Waals surface area contributed by atoms with E-state index in [0.717, 1.165) is 0 Å². The first kappa shape index (κ1) is 20.2. The lowest BCUT2D eigenvalue weighted by Gasteiger charge is -2.11. The van der Waals surface area contributed by atoms with Gasteiger partial charge >= 0.3 is 0 Å². The minimum Gasteiger partial charge on any atom is -0.306 e. The Morgan fingerprint density at radius 2 is 1.84 bits per heavy atom. The third-order valence-electron chi connectivity index (χ3n) is 4.81. The second kappa shape index (κ2) is 7.63. The van der Waals surface area contributed by atoms with Gasteiger partial charge in [0.1, 0.15) is 5.82 Å². The molecule has 10 heteroatoms. The molecule has 0 aliphatic carbocycles. The highest BCUT2D eigenvalue weighted by molar-refractivity contribution is 6.11. The molecule has 0 saturated carbocycles. The fourth-order valence-corrected chi connectivity index (χ4v) is 3.39. The van der Waals surface area contributed by atoms with Crippen LogP contribution in [0, 0.1) is 24.0 Å². The Morgan fingerprint density at radius 3 is 2.48 bits per heavy atom. The van der Waals surface area contributed by atoms with Crippen LogP contribution in [0.15, 0.2) is 42.6 Å². The van der Waals surface area contributed by atoms with Crippen molar-refractivity contribution in [1.82, 2.24) is 24.5 Å². The molecule has 0 unspecified atom stereocenters. The van der Waals surface area contributed by atoms with Crippen LogP contribution in [0.25, 0.3) is 16.7 Å². The summed E-state index contributed by atoms with van der Waals surface area (Å²) in [6, 6.07) is 9.53. The van der Waals surface area contributed by atoms with Crippen molar-refractivity contribution in [3.05, 3.63) is 69.7 Å². The molecule has 0 radical (unpaired) electrons. The number of non-ortho nitro benzene ring substituents is 1. The minimum absolute atomic E-state index is 0.0185. The number of carbonyl (C=O) groups excluding carboxylic acids is 1. The number of hydrogen-bond donors (Lipinski definition) is 1. The van der Waals surface area contributed by atoms with E-state index in [2.05, 4.69) is 20.5 Å². The molecular weight excluding hydrogens is 398 g/mol. The molecule has 0 fully saturated rings. The number of nitrogens with one attached hydrogen (secondary N) is 1. The van der Waals surface area contributed by atoms with Crippen LogP contribution < -0.4 is 5.32 Å². The molecule has 31 heavy (non-hydrogen) atoms. The van der Waals surface area contributed by atoms with Crippen molar-refractivity contribution >= 4 is 28.4 Å². The van der Waals surface area contributed by atoms with Gasteiger partial charge in [0, 0.05) is 29.9 Å². The molecule has 3 heterocycles. The van der Waals surface area contributed by atoms with Gasteiger partial charge in [-0.1, -0.05) is 0 Å². The Labute approximate surface area is 177 Å². The highest BCUT2D eigenvalue weighted by atomic mass is 16.6. The highest BCUT2D eigenvalue weighted by Crippen LogP contribution is 2.24. The zero-order valence-corrected chi connectivity index (χ0v) is 17.5. The van der Waals surface area contributed by atoms with E-state index in [-0.39, 0.29) is 17.6 Å². The van der Waals surface area contributed by atoms with Crippen molar-refractivity contribution < 1.29 is 9.72 Å². The first-order valence-corrected chi connectivity index (χ1v) is 9.72. The van der Waals surface area contributed by atoms with Crippen molar-refractivity contribution in [2.45, 2.75) is 33.7 Å². The van der Waals surface area contributed by atoms with Gasteiger partial charge in [-0.3, -0.25) is 14.9 Å². The Bertz CT molecular complexity index is 1300. The molecule has 0 aliphatic rings. The maximum absolute atomic E-state index is 13.2. The predicted molar refractivity (Wildman–Crippen MR) is 116 cm³/mol. The number of aryl methyl sites for hydroxylation is 2. The number of rotatable bonds is 5. The number of pyridine rings is 1. The average Bonchev–Trinajstić information content (AvgIpc) is 3.30. The number of carbonyl (C=O) groups is 1. The van der Waals surface area contributed by atoms with E-state index in [1.165, 1.54) is 12.1 Å². The summed E-state index contributed by atoms with van der Waals surface area (Å²) in [5.41, 5.74) is 3.09. The number of anilines is 1. The summed E-state index contributed by atoms with van der Waals surface area (Å²) >= 11 is 0. The Morgan fingerprint density at radius 1 is 1.13 bits per heavy atom. The number of nitro groups is 1. The molecule has 3 aromatic heterocycles. The smallest absolute Gasteiger partial charge is 0.269 e. The maximum atomic E-state index is 13.2. The van der Waals surface area contributed by atoms with Gasteiger partial charge < -0.3 is 5.32 Å². The summed E-state index contributed by atoms with van der Waals surface area (Å²) in [5.74, 6) is 0.136. The van der Waals surface area contributed by atoms with Crippen LogP contribution in [-0.4, -0.2) is 35.4 Å². The van der Waals surface area contributed by atoms with E-state index in [0.29, 0.717) is 39.5 Å². The average molecular weight is 419 g/mol. The first-order valence-electron chi connectivity index (χ1n) is 9.72. The number of aromatic nitrogens is 5. The van der Waals surface area contributed by atoms with Gasteiger partial charge in [0.25, 0.3) is 11.6 Å². The normalized spacial score (nSPS) is 11.3. The standard InChI is InChI=1S/C21H21N7O3/c1-12(2)26-20-18(11-22-26)17(9-13(3)23-20)21(29)24-19-10-14(4)25-27(19)15-5-7-16(8-6-15)28(30)31/h5-12H,1-4H3,(H,24,29). The van der Waals surface area contributed by atoms with E-state index < -0.39 is 4.92 Å². The maximum Gasteiger partial charge on any atom is 0.269 e. The summed E-state index contributed by atoms with van der Waals surface area (Å²) in [6.45, 7) is 7.64. The molecule has 1 amide bonds. The number of amides is 1. The molecule has 0 aliphatic heterocycles. The number of hydrogen-bond acceptors (Lipinski definition) is 6. The molecule has 10 nitrogen and oxygen atoms in total. The molecule has 1 aromatic carbocycles. The van der Waals surface area contributed by atoms with E-state index >= 15 is 0 Å². The second-order valence-electron chi connectivity index (χ2n) is 7.54. The number of fused-ring (bicyclic) bond motifs is 1. The van der Waals surface area contributed by atoms with Crippen LogP contribution in [0.4, 0.5) is 11.5 Å². The predicted octanol–water partition coefficient (Wildman–Crippen LogP) is 3.98. The van der Waals surface area contributed by atoms with Gasteiger partial charge in [-0.05, 0) is 45.9 Å². The van der Waals surface area contributed by atoms with Crippen LogP contribution in [0.5, 0.6) is 0 Å². The lowest BCUT2D eigenvalue weighted by molar-refractivity contribution is -0.384. The van der Waals surface area contributed by atoms with Crippen molar-refractivity contribution in [1.29, 1.82) is 0 Å². The SMILES string of the molecule is Cc1cc(C(=O)Nc2cc(C)nn2-c2ccc([N+](=O)[O-])cc2)c2cnn(C(C)C)c2n1. The fourth-order valence-electron chi connectivity index (χ4n) is 3.39. The van der Waals surface area contributed by atoms with Gasteiger partial charge in [0.2, 0.25) is 0 Å². The van der Waals surface area contributed by atoms with Crippen molar-refractivity contribution in [3.63, 3.8) is 0 Å². The second-order valence-corrected chi connectivity index (χ2v) is 7.54. The largest absolute Gasteiger partial charge is 0.306 e. The summed E-state index contributed by atoms with van der Waals surface area (Å²) in [5, 5.41) is 23.3. The van der Waals surface area contributed by atoms with Gasteiger partial charge in [-0.25, -0.2) is 14.3 Å². The lowest BCUT2D eigenvalue weighted by Crippen LogP contribution is -2.16. The molecule has 0 spiro atoms. The molecule has 0 bridgehead atoms. The molecule has 158 valence electrons. The summed E-state index contributed by atoms with van der Waals surface area (Å²) in [4.78, 5) is 28.2. The van der Waals surface area contributed by atoms with Crippen LogP contribution in [-0.2, 0) is 0 Å². The van der Waals surface area contributed by atoms with E-state index in [4.69, 9.17) is 0 Å². The summed E-state index contributed by atoms with van der Waals surface area (Å²) in [7, 11) is 0. The molecule has 4 rings (SSSR count). The molecule has 4 aromatic rings. The minimum atomic E-state index is -0.463. The number of nitro benzene ring substituents is 1. The van der Waals surface area contributed by atoms with E-state index in [1.807, 2.05) is 20.8 Å². The van der Waals surface area contributed by atoms with Gasteiger partial charge in [-0.2, -0.15) is 10.2 Å². The van der Waals surface area contributed by atoms with Crippen molar-refractivity contribution in [2.75, 3.05) is 5.32 Å². The van der Waals surface area contributed by atoms with Gasteiger partial charge in [0.05, 0.1) is 33.5 Å². The van der Waals surface area contributed by atoms with Crippen molar-refractivity contribution in [3.8, 4) is 5.69 Å². The molecular formula is C21H21N7O3. The fraction of sp³-hybridized carbons (Fsp3) is 0.238. The topological polar surface area (TPSA) is 121 Å². The van der Waals surface area contributed by atoms with Crippen LogP contribution >= 0.6 is 0 Å². The third kappa shape index (κ3) is 3.75. The van der Waals surface area contributed by atoms with E-state index in [1.54, 1.807) is 46.7 Å². The number of benzene rings is 1. The van der Waals surface area contributed by atoms with Crippen LogP contribution in [0.1, 0.15) is 41.6 Å². The Hall–Kier alpha value is -4.08. The summed E-state index contributed by atoms with van der Waals surface area (Å²) in [6.07, 6.45) is 1.65. The molecule has 0 saturated heterocycles. The highest BCUT2D eigenvalue weighted by Gasteiger charge is 2.19. The quantitative estimate of drug-likeness (QED) is 0.386. The van der Waals surface area contributed by atoms with Crippen molar-refractivity contribution in [2.24, 2.45) is 0 Å². The zero-order chi connectivity index (χ0) is 22.3. The molecule has 0 atom stereocenters. The van der Waals surface area contributed by atoms with Crippen LogP contribution in [0.3, 0.4) is 0 Å². The van der Waals surface area contributed by atoms with Crippen LogP contribution in [0.2, 0.25) is 0 Å². The Balaban J connectivity index is 1.71. The lowest BCUT2D eigenvalue weighted by atomic mass is 10.1. The van der Waals surface area contributed by atoms with Gasteiger partial charge in [0.15, 0.2) is 5.65 Å². The summed E-state index contributed by atoms with van der Waals surface area (Å²) < 4.78 is 3.32. The zero-order valence-electron chi connectivity index (χ0n) is 17.5. The van der Waals surface area contributed by atoms with E-state index in [9.17, 15) is 14.9 Å². The number of nitrogens with zero attached hydrogens (tertiary/aromatic N) is 6. The first-order chi connectivity index (χ1) is 14.7.